The molecule has 0 aromatic rings. The van der Waals surface area contributed by atoms with Gasteiger partial charge in [0.25, 0.3) is 0 Å². The number of carbonyl (C=O) groups excluding carboxylic acids is 1. The van der Waals surface area contributed by atoms with E-state index in [1.165, 1.54) is 12.8 Å². The number of unbranched alkanes of at least 4 members (excludes halogenated alkanes) is 1. The number of rotatable bonds is 17. The molecule has 0 unspecified atom stereocenters. The normalized spacial score (nSPS) is 12.4. The molecule has 0 aromatic carbocycles. The van der Waals surface area contributed by atoms with Crippen molar-refractivity contribution < 1.29 is 4.79 Å². The van der Waals surface area contributed by atoms with Crippen molar-refractivity contribution in [1.82, 2.24) is 16.0 Å². The van der Waals surface area contributed by atoms with Gasteiger partial charge in [0, 0.05) is 12.0 Å². The Hall–Kier alpha value is -0.650. The minimum atomic E-state index is -0.281. The molecule has 1 amide bonds. The van der Waals surface area contributed by atoms with Crippen LogP contribution in [0.25, 0.3) is 0 Å². The molecule has 0 saturated carbocycles. The third kappa shape index (κ3) is 13.5. The molecule has 0 bridgehead atoms. The summed E-state index contributed by atoms with van der Waals surface area (Å²) in [5.41, 5.74) is 5.49. The van der Waals surface area contributed by atoms with E-state index in [4.69, 9.17) is 5.73 Å². The zero-order valence-corrected chi connectivity index (χ0v) is 18.2. The van der Waals surface area contributed by atoms with Crippen LogP contribution < -0.4 is 21.7 Å². The highest BCUT2D eigenvalue weighted by atomic mass is 16.2. The SMILES string of the molecule is CCC(C)(C)CCC(C)(C)C(=O)NCCCNCCCCNCCCN. The largest absolute Gasteiger partial charge is 0.356 e. The second-order valence-electron chi connectivity index (χ2n) is 8.86. The molecule has 0 aromatic heterocycles. The molecule has 0 rings (SSSR count). The summed E-state index contributed by atoms with van der Waals surface area (Å²) in [7, 11) is 0. The average Bonchev–Trinajstić information content (AvgIpc) is 2.61. The van der Waals surface area contributed by atoms with Crippen LogP contribution in [0, 0.1) is 10.8 Å². The van der Waals surface area contributed by atoms with Crippen LogP contribution in [0.2, 0.25) is 0 Å². The van der Waals surface area contributed by atoms with Gasteiger partial charge in [-0.05, 0) is 76.7 Å². The number of nitrogens with two attached hydrogens (primary N) is 1. The summed E-state index contributed by atoms with van der Waals surface area (Å²) in [4.78, 5) is 12.4. The van der Waals surface area contributed by atoms with Crippen LogP contribution in [-0.4, -0.2) is 45.2 Å². The van der Waals surface area contributed by atoms with Gasteiger partial charge in [-0.3, -0.25) is 4.79 Å². The van der Waals surface area contributed by atoms with Gasteiger partial charge in [-0.1, -0.05) is 41.0 Å². The lowest BCUT2D eigenvalue weighted by Crippen LogP contribution is -2.38. The van der Waals surface area contributed by atoms with Gasteiger partial charge in [0.2, 0.25) is 5.91 Å². The molecule has 0 saturated heterocycles. The lowest BCUT2D eigenvalue weighted by atomic mass is 9.77. The van der Waals surface area contributed by atoms with Crippen LogP contribution in [-0.2, 0) is 4.79 Å². The first-order chi connectivity index (χ1) is 12.2. The molecule has 26 heavy (non-hydrogen) atoms. The summed E-state index contributed by atoms with van der Waals surface area (Å²) in [5, 5.41) is 9.95. The molecular formula is C21H46N4O. The van der Waals surface area contributed by atoms with E-state index in [-0.39, 0.29) is 11.3 Å². The van der Waals surface area contributed by atoms with Crippen molar-refractivity contribution in [3.05, 3.63) is 0 Å². The molecule has 0 fully saturated rings. The number of nitrogens with one attached hydrogen (secondary N) is 3. The van der Waals surface area contributed by atoms with Gasteiger partial charge in [0.1, 0.15) is 0 Å². The van der Waals surface area contributed by atoms with E-state index in [9.17, 15) is 4.79 Å². The maximum absolute atomic E-state index is 12.4. The fourth-order valence-corrected chi connectivity index (χ4v) is 2.57. The van der Waals surface area contributed by atoms with Crippen LogP contribution in [0.3, 0.4) is 0 Å². The molecule has 5 heteroatoms. The number of hydrogen-bond donors (Lipinski definition) is 4. The maximum atomic E-state index is 12.4. The number of amides is 1. The first-order valence-electron chi connectivity index (χ1n) is 10.6. The Balaban J connectivity index is 3.61. The Morgan fingerprint density at radius 2 is 1.35 bits per heavy atom. The van der Waals surface area contributed by atoms with Crippen molar-refractivity contribution in [3.8, 4) is 0 Å². The topological polar surface area (TPSA) is 79.2 Å². The second-order valence-corrected chi connectivity index (χ2v) is 8.86. The van der Waals surface area contributed by atoms with Gasteiger partial charge in [-0.2, -0.15) is 0 Å². The predicted molar refractivity (Wildman–Crippen MR) is 113 cm³/mol. The summed E-state index contributed by atoms with van der Waals surface area (Å²) in [5.74, 6) is 0.188. The summed E-state index contributed by atoms with van der Waals surface area (Å²) < 4.78 is 0. The van der Waals surface area contributed by atoms with Gasteiger partial charge in [-0.25, -0.2) is 0 Å². The minimum Gasteiger partial charge on any atom is -0.356 e. The summed E-state index contributed by atoms with van der Waals surface area (Å²) in [6, 6.07) is 0. The van der Waals surface area contributed by atoms with Gasteiger partial charge < -0.3 is 21.7 Å². The zero-order valence-electron chi connectivity index (χ0n) is 18.2. The lowest BCUT2D eigenvalue weighted by Gasteiger charge is -2.29. The van der Waals surface area contributed by atoms with Crippen LogP contribution >= 0.6 is 0 Å². The van der Waals surface area contributed by atoms with Crippen LogP contribution in [0.4, 0.5) is 0 Å². The molecule has 0 aliphatic carbocycles. The first-order valence-corrected chi connectivity index (χ1v) is 10.6. The molecule has 0 aliphatic heterocycles. The first kappa shape index (κ1) is 25.4. The Morgan fingerprint density at radius 1 is 0.808 bits per heavy atom. The molecular weight excluding hydrogens is 324 g/mol. The average molecular weight is 371 g/mol. The van der Waals surface area contributed by atoms with E-state index >= 15 is 0 Å². The van der Waals surface area contributed by atoms with Crippen molar-refractivity contribution >= 4 is 5.91 Å². The molecule has 156 valence electrons. The highest BCUT2D eigenvalue weighted by Crippen LogP contribution is 2.33. The second kappa shape index (κ2) is 14.4. The number of carbonyl (C=O) groups is 1. The Kier molecular flexibility index (Phi) is 14.1. The monoisotopic (exact) mass is 370 g/mol. The molecule has 0 atom stereocenters. The molecule has 0 radical (unpaired) electrons. The van der Waals surface area contributed by atoms with E-state index < -0.39 is 0 Å². The highest BCUT2D eigenvalue weighted by Gasteiger charge is 2.29. The fraction of sp³-hybridized carbons (Fsp3) is 0.952. The van der Waals surface area contributed by atoms with Gasteiger partial charge in [0.15, 0.2) is 0 Å². The lowest BCUT2D eigenvalue weighted by molar-refractivity contribution is -0.129. The highest BCUT2D eigenvalue weighted by molar-refractivity contribution is 5.81. The Bertz CT molecular complexity index is 356. The summed E-state index contributed by atoms with van der Waals surface area (Å²) in [6.07, 6.45) is 7.59. The predicted octanol–water partition coefficient (Wildman–Crippen LogP) is 3.04. The smallest absolute Gasteiger partial charge is 0.225 e. The van der Waals surface area contributed by atoms with Crippen molar-refractivity contribution in [2.45, 2.75) is 79.6 Å². The quantitative estimate of drug-likeness (QED) is 0.297. The van der Waals surface area contributed by atoms with Gasteiger partial charge >= 0.3 is 0 Å². The van der Waals surface area contributed by atoms with Gasteiger partial charge in [0.05, 0.1) is 0 Å². The third-order valence-electron chi connectivity index (χ3n) is 5.33. The fourth-order valence-electron chi connectivity index (χ4n) is 2.57. The zero-order chi connectivity index (χ0) is 19.9. The van der Waals surface area contributed by atoms with E-state index in [1.807, 2.05) is 0 Å². The van der Waals surface area contributed by atoms with Crippen molar-refractivity contribution in [3.63, 3.8) is 0 Å². The van der Waals surface area contributed by atoms with Crippen molar-refractivity contribution in [2.75, 3.05) is 39.3 Å². The number of hydrogen-bond acceptors (Lipinski definition) is 4. The van der Waals surface area contributed by atoms with Crippen molar-refractivity contribution in [1.29, 1.82) is 0 Å². The van der Waals surface area contributed by atoms with E-state index in [1.54, 1.807) is 0 Å². The molecule has 5 N–H and O–H groups in total. The Morgan fingerprint density at radius 3 is 1.88 bits per heavy atom. The maximum Gasteiger partial charge on any atom is 0.225 e. The molecule has 0 aliphatic rings. The van der Waals surface area contributed by atoms with E-state index in [0.29, 0.717) is 5.41 Å². The van der Waals surface area contributed by atoms with Crippen LogP contribution in [0.5, 0.6) is 0 Å². The molecule has 0 heterocycles. The van der Waals surface area contributed by atoms with Gasteiger partial charge in [-0.15, -0.1) is 0 Å². The van der Waals surface area contributed by atoms with E-state index in [2.05, 4.69) is 50.6 Å². The third-order valence-corrected chi connectivity index (χ3v) is 5.33. The molecule has 0 spiro atoms. The Labute approximate surface area is 162 Å². The van der Waals surface area contributed by atoms with Crippen LogP contribution in [0.15, 0.2) is 0 Å². The van der Waals surface area contributed by atoms with Crippen molar-refractivity contribution in [2.24, 2.45) is 16.6 Å². The molecule has 5 nitrogen and oxygen atoms in total. The minimum absolute atomic E-state index is 0.188. The standard InChI is InChI=1S/C21H46N4O/c1-6-20(2,3)11-12-21(4,5)19(26)25-18-10-17-24-15-8-7-14-23-16-9-13-22/h23-24H,6-18,22H2,1-5H3,(H,25,26). The van der Waals surface area contributed by atoms with Crippen LogP contribution in [0.1, 0.15) is 79.6 Å². The summed E-state index contributed by atoms with van der Waals surface area (Å²) >= 11 is 0. The van der Waals surface area contributed by atoms with E-state index in [0.717, 1.165) is 71.4 Å². The summed E-state index contributed by atoms with van der Waals surface area (Å²) in [6.45, 7) is 16.5.